The van der Waals surface area contributed by atoms with Crippen molar-refractivity contribution in [3.05, 3.63) is 70.4 Å². The molecule has 1 aliphatic rings. The zero-order chi connectivity index (χ0) is 20.5. The number of hydrogen-bond donors (Lipinski definition) is 0. The smallest absolute Gasteiger partial charge is 0.254 e. The predicted molar refractivity (Wildman–Crippen MR) is 117 cm³/mol. The first-order valence-electron chi connectivity index (χ1n) is 10.3. The molecule has 0 atom stereocenters. The highest BCUT2D eigenvalue weighted by Gasteiger charge is 2.26. The number of aromatic nitrogens is 1. The van der Waals surface area contributed by atoms with E-state index in [4.69, 9.17) is 4.74 Å². The molecule has 0 spiro atoms. The van der Waals surface area contributed by atoms with Crippen LogP contribution in [0.15, 0.2) is 42.5 Å². The normalized spacial score (nSPS) is 15.0. The molecule has 4 rings (SSSR count). The number of carbonyl (C=O) groups is 1. The van der Waals surface area contributed by atoms with Gasteiger partial charge in [-0.3, -0.25) is 9.78 Å². The van der Waals surface area contributed by atoms with Crippen LogP contribution >= 0.6 is 0 Å². The van der Waals surface area contributed by atoms with Gasteiger partial charge in [-0.05, 0) is 63.1 Å². The number of ether oxygens (including phenoxy) is 1. The first-order valence-corrected chi connectivity index (χ1v) is 10.3. The third-order valence-electron chi connectivity index (χ3n) is 5.69. The van der Waals surface area contributed by atoms with Crippen LogP contribution in [0, 0.1) is 27.7 Å². The van der Waals surface area contributed by atoms with E-state index in [1.54, 1.807) is 0 Å². The van der Waals surface area contributed by atoms with Gasteiger partial charge in [0.15, 0.2) is 0 Å². The lowest BCUT2D eigenvalue weighted by Crippen LogP contribution is -2.42. The van der Waals surface area contributed by atoms with Gasteiger partial charge in [0.05, 0.1) is 11.1 Å². The maximum absolute atomic E-state index is 13.3. The maximum Gasteiger partial charge on any atom is 0.254 e. The van der Waals surface area contributed by atoms with E-state index in [1.807, 2.05) is 36.9 Å². The molecule has 150 valence electrons. The lowest BCUT2D eigenvalue weighted by atomic mass is 10.0. The first kappa shape index (κ1) is 19.4. The van der Waals surface area contributed by atoms with Gasteiger partial charge in [-0.2, -0.15) is 0 Å². The molecule has 1 fully saturated rings. The summed E-state index contributed by atoms with van der Waals surface area (Å²) in [5.74, 6) is 1.05. The summed E-state index contributed by atoms with van der Waals surface area (Å²) < 4.78 is 6.26. The highest BCUT2D eigenvalue weighted by molar-refractivity contribution is 6.06. The molecule has 4 heteroatoms. The minimum absolute atomic E-state index is 0.0938. The summed E-state index contributed by atoms with van der Waals surface area (Å²) in [5.41, 5.74) is 6.00. The summed E-state index contributed by atoms with van der Waals surface area (Å²) in [7, 11) is 0. The molecule has 0 unspecified atom stereocenters. The SMILES string of the molecule is Cc1ccc(C)c(OC2CCN(C(=O)c3cc(C)nc4ccc(C)cc34)CC2)c1. The van der Waals surface area contributed by atoms with Gasteiger partial charge in [0, 0.05) is 37.0 Å². The molecule has 1 saturated heterocycles. The Morgan fingerprint density at radius 3 is 2.41 bits per heavy atom. The van der Waals surface area contributed by atoms with E-state index in [-0.39, 0.29) is 12.0 Å². The topological polar surface area (TPSA) is 42.4 Å². The molecule has 29 heavy (non-hydrogen) atoms. The fourth-order valence-electron chi connectivity index (χ4n) is 4.01. The molecule has 0 aliphatic carbocycles. The number of likely N-dealkylation sites (tertiary alicyclic amines) is 1. The number of pyridine rings is 1. The largest absolute Gasteiger partial charge is 0.490 e. The Bertz CT molecular complexity index is 1070. The highest BCUT2D eigenvalue weighted by atomic mass is 16.5. The number of aryl methyl sites for hydroxylation is 4. The van der Waals surface area contributed by atoms with Crippen molar-refractivity contribution >= 4 is 16.8 Å². The molecule has 0 saturated carbocycles. The van der Waals surface area contributed by atoms with Gasteiger partial charge in [-0.1, -0.05) is 23.8 Å². The minimum Gasteiger partial charge on any atom is -0.490 e. The van der Waals surface area contributed by atoms with Gasteiger partial charge in [0.2, 0.25) is 0 Å². The van der Waals surface area contributed by atoms with Gasteiger partial charge >= 0.3 is 0 Å². The van der Waals surface area contributed by atoms with Gasteiger partial charge in [-0.15, -0.1) is 0 Å². The summed E-state index contributed by atoms with van der Waals surface area (Å²) in [6, 6.07) is 14.3. The van der Waals surface area contributed by atoms with Crippen molar-refractivity contribution in [1.82, 2.24) is 9.88 Å². The Hall–Kier alpha value is -2.88. The molecule has 2 aromatic carbocycles. The van der Waals surface area contributed by atoms with Crippen molar-refractivity contribution in [3.63, 3.8) is 0 Å². The van der Waals surface area contributed by atoms with E-state index in [2.05, 4.69) is 43.1 Å². The predicted octanol–water partition coefficient (Wildman–Crippen LogP) is 5.15. The van der Waals surface area contributed by atoms with E-state index >= 15 is 0 Å². The maximum atomic E-state index is 13.3. The number of nitrogens with zero attached hydrogens (tertiary/aromatic N) is 2. The minimum atomic E-state index is 0.0938. The molecule has 0 bridgehead atoms. The summed E-state index contributed by atoms with van der Waals surface area (Å²) in [4.78, 5) is 19.8. The third-order valence-corrected chi connectivity index (χ3v) is 5.69. The number of carbonyl (C=O) groups excluding carboxylic acids is 1. The summed E-state index contributed by atoms with van der Waals surface area (Å²) in [5, 5.41) is 0.939. The third kappa shape index (κ3) is 4.12. The van der Waals surface area contributed by atoms with E-state index in [0.717, 1.165) is 51.9 Å². The zero-order valence-electron chi connectivity index (χ0n) is 17.7. The summed E-state index contributed by atoms with van der Waals surface area (Å²) >= 11 is 0. The van der Waals surface area contributed by atoms with Gasteiger partial charge in [0.25, 0.3) is 5.91 Å². The Morgan fingerprint density at radius 1 is 0.966 bits per heavy atom. The van der Waals surface area contributed by atoms with E-state index in [1.165, 1.54) is 5.56 Å². The molecule has 1 aliphatic heterocycles. The molecule has 1 amide bonds. The molecular weight excluding hydrogens is 360 g/mol. The molecule has 1 aromatic heterocycles. The summed E-state index contributed by atoms with van der Waals surface area (Å²) in [6.45, 7) is 9.57. The first-order chi connectivity index (χ1) is 13.9. The molecule has 0 N–H and O–H groups in total. The number of fused-ring (bicyclic) bond motifs is 1. The van der Waals surface area contributed by atoms with Crippen LogP contribution in [-0.4, -0.2) is 35.0 Å². The van der Waals surface area contributed by atoms with E-state index in [9.17, 15) is 4.79 Å². The van der Waals surface area contributed by atoms with Crippen molar-refractivity contribution in [1.29, 1.82) is 0 Å². The molecule has 3 aromatic rings. The standard InChI is InChI=1S/C25H28N2O2/c1-16-6-8-23-21(13-16)22(15-19(4)26-23)25(28)27-11-9-20(10-12-27)29-24-14-17(2)5-7-18(24)3/h5-8,13-15,20H,9-12H2,1-4H3. The van der Waals surface area contributed by atoms with Crippen molar-refractivity contribution in [2.24, 2.45) is 0 Å². The van der Waals surface area contributed by atoms with Crippen LogP contribution in [0.25, 0.3) is 10.9 Å². The molecular formula is C25H28N2O2. The molecule has 4 nitrogen and oxygen atoms in total. The lowest BCUT2D eigenvalue weighted by Gasteiger charge is -2.33. The van der Waals surface area contributed by atoms with Gasteiger partial charge < -0.3 is 9.64 Å². The number of amides is 1. The zero-order valence-corrected chi connectivity index (χ0v) is 17.7. The second-order valence-corrected chi connectivity index (χ2v) is 8.21. The Labute approximate surface area is 172 Å². The van der Waals surface area contributed by atoms with Crippen LogP contribution in [0.1, 0.15) is 45.6 Å². The van der Waals surface area contributed by atoms with Crippen LogP contribution in [0.3, 0.4) is 0 Å². The highest BCUT2D eigenvalue weighted by Crippen LogP contribution is 2.26. The average Bonchev–Trinajstić information content (AvgIpc) is 2.70. The number of rotatable bonds is 3. The number of piperidine rings is 1. The Morgan fingerprint density at radius 2 is 1.66 bits per heavy atom. The average molecular weight is 389 g/mol. The van der Waals surface area contributed by atoms with Gasteiger partial charge in [-0.25, -0.2) is 0 Å². The van der Waals surface area contributed by atoms with Crippen LogP contribution in [-0.2, 0) is 0 Å². The van der Waals surface area contributed by atoms with Crippen LogP contribution < -0.4 is 4.74 Å². The van der Waals surface area contributed by atoms with Crippen LogP contribution in [0.5, 0.6) is 5.75 Å². The van der Waals surface area contributed by atoms with Crippen LogP contribution in [0.2, 0.25) is 0 Å². The Balaban J connectivity index is 1.49. The fourth-order valence-corrected chi connectivity index (χ4v) is 4.01. The quantitative estimate of drug-likeness (QED) is 0.623. The van der Waals surface area contributed by atoms with Crippen molar-refractivity contribution in [3.8, 4) is 5.75 Å². The second-order valence-electron chi connectivity index (χ2n) is 8.21. The van der Waals surface area contributed by atoms with Crippen LogP contribution in [0.4, 0.5) is 0 Å². The van der Waals surface area contributed by atoms with E-state index < -0.39 is 0 Å². The van der Waals surface area contributed by atoms with E-state index in [0.29, 0.717) is 13.1 Å². The molecule has 2 heterocycles. The van der Waals surface area contributed by atoms with Gasteiger partial charge in [0.1, 0.15) is 11.9 Å². The van der Waals surface area contributed by atoms with Crippen molar-refractivity contribution in [2.75, 3.05) is 13.1 Å². The lowest BCUT2D eigenvalue weighted by molar-refractivity contribution is 0.0596. The number of hydrogen-bond acceptors (Lipinski definition) is 3. The van der Waals surface area contributed by atoms with Crippen molar-refractivity contribution in [2.45, 2.75) is 46.6 Å². The molecule has 0 radical (unpaired) electrons. The Kier molecular flexibility index (Phi) is 5.27. The van der Waals surface area contributed by atoms with Crippen molar-refractivity contribution < 1.29 is 9.53 Å². The second kappa shape index (κ2) is 7.86. The number of benzene rings is 2. The fraction of sp³-hybridized carbons (Fsp3) is 0.360. The summed E-state index contributed by atoms with van der Waals surface area (Å²) in [6.07, 6.45) is 1.85. The monoisotopic (exact) mass is 388 g/mol.